The molecule has 3 aromatic carbocycles. The molecule has 0 saturated heterocycles. The molecule has 0 aliphatic heterocycles. The molecule has 0 atom stereocenters. The monoisotopic (exact) mass is 506 g/mol. The van der Waals surface area contributed by atoms with Gasteiger partial charge in [0, 0.05) is 16.5 Å². The molecular weight excluding hydrogens is 476 g/mol. The van der Waals surface area contributed by atoms with E-state index < -0.39 is 0 Å². The number of allylic oxidation sites excluding steroid dienone is 1. The van der Waals surface area contributed by atoms with Gasteiger partial charge >= 0.3 is 0 Å². The number of benzene rings is 3. The lowest BCUT2D eigenvalue weighted by molar-refractivity contribution is 0.296. The maximum atomic E-state index is 9.89. The molecule has 186 valence electrons. The third-order valence-corrected chi connectivity index (χ3v) is 7.77. The van der Waals surface area contributed by atoms with Crippen LogP contribution >= 0.6 is 11.3 Å². The van der Waals surface area contributed by atoms with Crippen molar-refractivity contribution >= 4 is 23.0 Å². The predicted octanol–water partition coefficient (Wildman–Crippen LogP) is 8.51. The average molecular weight is 507 g/mol. The molecule has 0 radical (unpaired) electrons. The van der Waals surface area contributed by atoms with Gasteiger partial charge in [-0.3, -0.25) is 0 Å². The fourth-order valence-corrected chi connectivity index (χ4v) is 5.64. The highest BCUT2D eigenvalue weighted by Gasteiger charge is 2.16. The molecule has 1 saturated carbocycles. The van der Waals surface area contributed by atoms with Crippen LogP contribution in [-0.4, -0.2) is 12.1 Å². The maximum absolute atomic E-state index is 9.89. The van der Waals surface area contributed by atoms with Gasteiger partial charge in [-0.25, -0.2) is 4.98 Å². The first kappa shape index (κ1) is 24.8. The number of aromatic nitrogens is 1. The number of rotatable bonds is 8. The Labute approximate surface area is 222 Å². The summed E-state index contributed by atoms with van der Waals surface area (Å²) in [4.78, 5) is 4.79. The molecule has 5 heteroatoms. The summed E-state index contributed by atoms with van der Waals surface area (Å²) >= 11 is 1.49. The summed E-state index contributed by atoms with van der Waals surface area (Å²) in [6.07, 6.45) is 8.48. The number of hydrogen-bond donors (Lipinski definition) is 0. The summed E-state index contributed by atoms with van der Waals surface area (Å²) in [5, 5.41) is 12.6. The highest BCUT2D eigenvalue weighted by molar-refractivity contribution is 7.11. The standard InChI is InChI=1S/C32H30N2O2S/c1-35-31-19-23(12-13-27(31)21-36-29-10-6-3-7-11-29)18-28(20-33)32-34-30(22-37-32)26-16-14-25(15-17-26)24-8-4-2-5-9-24/h3,6-7,10-19,22,24H,2,4-5,8-9,21H2,1H3. The molecule has 0 spiro atoms. The van der Waals surface area contributed by atoms with Gasteiger partial charge in [-0.05, 0) is 54.2 Å². The summed E-state index contributed by atoms with van der Waals surface area (Å²) in [7, 11) is 1.65. The van der Waals surface area contributed by atoms with Crippen LogP contribution in [0, 0.1) is 11.3 Å². The Kier molecular flexibility index (Phi) is 7.98. The van der Waals surface area contributed by atoms with E-state index >= 15 is 0 Å². The molecule has 5 rings (SSSR count). The van der Waals surface area contributed by atoms with Gasteiger partial charge in [0.25, 0.3) is 0 Å². The van der Waals surface area contributed by atoms with Crippen molar-refractivity contribution in [3.05, 3.63) is 99.9 Å². The number of hydrogen-bond acceptors (Lipinski definition) is 5. The van der Waals surface area contributed by atoms with Crippen LogP contribution < -0.4 is 9.47 Å². The van der Waals surface area contributed by atoms with Crippen LogP contribution in [0.1, 0.15) is 59.7 Å². The van der Waals surface area contributed by atoms with Gasteiger partial charge in [0.05, 0.1) is 18.4 Å². The van der Waals surface area contributed by atoms with Gasteiger partial charge in [-0.15, -0.1) is 11.3 Å². The topological polar surface area (TPSA) is 55.1 Å². The third-order valence-electron chi connectivity index (χ3n) is 6.90. The molecule has 1 aliphatic rings. The van der Waals surface area contributed by atoms with Crippen molar-refractivity contribution in [1.29, 1.82) is 5.26 Å². The number of nitrogens with zero attached hydrogens (tertiary/aromatic N) is 2. The lowest BCUT2D eigenvalue weighted by Gasteiger charge is -2.22. The van der Waals surface area contributed by atoms with Crippen molar-refractivity contribution in [2.45, 2.75) is 44.6 Å². The number of nitriles is 1. The minimum atomic E-state index is 0.400. The Morgan fingerprint density at radius 3 is 2.54 bits per heavy atom. The van der Waals surface area contributed by atoms with E-state index in [9.17, 15) is 5.26 Å². The number of thiazole rings is 1. The molecule has 4 aromatic rings. The lowest BCUT2D eigenvalue weighted by atomic mass is 9.84. The van der Waals surface area contributed by atoms with E-state index in [1.807, 2.05) is 60.0 Å². The van der Waals surface area contributed by atoms with Crippen molar-refractivity contribution in [3.8, 4) is 28.8 Å². The van der Waals surface area contributed by atoms with Gasteiger partial charge in [-0.2, -0.15) is 5.26 Å². The van der Waals surface area contributed by atoms with Crippen LogP contribution in [0.2, 0.25) is 0 Å². The average Bonchev–Trinajstić information content (AvgIpc) is 3.46. The van der Waals surface area contributed by atoms with Crippen molar-refractivity contribution < 1.29 is 9.47 Å². The second-order valence-corrected chi connectivity index (χ2v) is 10.2. The second-order valence-electron chi connectivity index (χ2n) is 9.34. The number of para-hydroxylation sites is 1. The molecule has 1 fully saturated rings. The molecule has 4 nitrogen and oxygen atoms in total. The highest BCUT2D eigenvalue weighted by atomic mass is 32.1. The Morgan fingerprint density at radius 1 is 1.03 bits per heavy atom. The summed E-state index contributed by atoms with van der Waals surface area (Å²) in [6, 6.07) is 26.7. The Balaban J connectivity index is 1.31. The van der Waals surface area contributed by atoms with Gasteiger partial charge in [0.15, 0.2) is 0 Å². The van der Waals surface area contributed by atoms with Crippen molar-refractivity contribution in [3.63, 3.8) is 0 Å². The molecule has 1 aliphatic carbocycles. The molecule has 0 unspecified atom stereocenters. The maximum Gasteiger partial charge on any atom is 0.134 e. The SMILES string of the molecule is COc1cc(C=C(C#N)c2nc(-c3ccc(C4CCCCC4)cc3)cs2)ccc1COc1ccccc1. The smallest absolute Gasteiger partial charge is 0.134 e. The second kappa shape index (κ2) is 11.9. The first-order valence-corrected chi connectivity index (χ1v) is 13.6. The largest absolute Gasteiger partial charge is 0.496 e. The molecule has 1 heterocycles. The normalized spacial score (nSPS) is 14.2. The molecule has 0 bridgehead atoms. The molecule has 1 aromatic heterocycles. The zero-order valence-electron chi connectivity index (χ0n) is 21.0. The Hall–Kier alpha value is -3.88. The Bertz CT molecular complexity index is 1390. The van der Waals surface area contributed by atoms with E-state index in [0.29, 0.717) is 23.1 Å². The zero-order valence-corrected chi connectivity index (χ0v) is 21.8. The van der Waals surface area contributed by atoms with E-state index in [-0.39, 0.29) is 0 Å². The van der Waals surface area contributed by atoms with Crippen LogP contribution in [0.15, 0.2) is 78.2 Å². The van der Waals surface area contributed by atoms with Gasteiger partial charge in [0.2, 0.25) is 0 Å². The zero-order chi connectivity index (χ0) is 25.5. The fourth-order valence-electron chi connectivity index (χ4n) is 4.85. The van der Waals surface area contributed by atoms with Gasteiger partial charge < -0.3 is 9.47 Å². The molecular formula is C32H30N2O2S. The summed E-state index contributed by atoms with van der Waals surface area (Å²) in [5.41, 5.74) is 5.78. The highest BCUT2D eigenvalue weighted by Crippen LogP contribution is 2.34. The quantitative estimate of drug-likeness (QED) is 0.225. The summed E-state index contributed by atoms with van der Waals surface area (Å²) in [5.74, 6) is 2.22. The number of ether oxygens (including phenoxy) is 2. The molecule has 0 N–H and O–H groups in total. The van der Waals surface area contributed by atoms with Crippen LogP contribution in [-0.2, 0) is 6.61 Å². The third kappa shape index (κ3) is 6.10. The first-order valence-electron chi connectivity index (χ1n) is 12.8. The Morgan fingerprint density at radius 2 is 1.81 bits per heavy atom. The van der Waals surface area contributed by atoms with Gasteiger partial charge in [0.1, 0.15) is 29.2 Å². The number of methoxy groups -OCH3 is 1. The van der Waals surface area contributed by atoms with E-state index in [1.54, 1.807) is 7.11 Å². The van der Waals surface area contributed by atoms with E-state index in [2.05, 4.69) is 30.3 Å². The van der Waals surface area contributed by atoms with Crippen LogP contribution in [0.25, 0.3) is 22.9 Å². The first-order chi connectivity index (χ1) is 18.2. The van der Waals surface area contributed by atoms with Gasteiger partial charge in [-0.1, -0.05) is 73.9 Å². The summed E-state index contributed by atoms with van der Waals surface area (Å²) < 4.78 is 11.5. The minimum absolute atomic E-state index is 0.400. The van der Waals surface area contributed by atoms with Crippen LogP contribution in [0.4, 0.5) is 0 Å². The van der Waals surface area contributed by atoms with Crippen molar-refractivity contribution in [1.82, 2.24) is 4.98 Å². The fraction of sp³-hybridized carbons (Fsp3) is 0.250. The predicted molar refractivity (Wildman–Crippen MR) is 151 cm³/mol. The minimum Gasteiger partial charge on any atom is -0.496 e. The van der Waals surface area contributed by atoms with E-state index in [0.717, 1.165) is 33.9 Å². The van der Waals surface area contributed by atoms with Crippen LogP contribution in [0.5, 0.6) is 11.5 Å². The molecule has 37 heavy (non-hydrogen) atoms. The van der Waals surface area contributed by atoms with Crippen molar-refractivity contribution in [2.24, 2.45) is 0 Å². The van der Waals surface area contributed by atoms with E-state index in [1.165, 1.54) is 49.0 Å². The lowest BCUT2D eigenvalue weighted by Crippen LogP contribution is -2.04. The van der Waals surface area contributed by atoms with E-state index in [4.69, 9.17) is 14.5 Å². The summed E-state index contributed by atoms with van der Waals surface area (Å²) in [6.45, 7) is 0.400. The van der Waals surface area contributed by atoms with Crippen LogP contribution in [0.3, 0.4) is 0 Å². The van der Waals surface area contributed by atoms with Crippen molar-refractivity contribution in [2.75, 3.05) is 7.11 Å². The molecule has 0 amide bonds.